The van der Waals surface area contributed by atoms with Crippen LogP contribution in [0.15, 0.2) is 0 Å². The Morgan fingerprint density at radius 2 is 1.29 bits per heavy atom. The van der Waals surface area contributed by atoms with E-state index in [1.165, 1.54) is 0 Å². The Balaban J connectivity index is 2.61. The van der Waals surface area contributed by atoms with Crippen LogP contribution < -0.4 is 0 Å². The van der Waals surface area contributed by atoms with Crippen LogP contribution in [0.25, 0.3) is 0 Å². The molecule has 0 unspecified atom stereocenters. The Morgan fingerprint density at radius 1 is 0.882 bits per heavy atom. The number of aliphatic hydroxyl groups is 2. The maximum atomic E-state index is 8.65. The van der Waals surface area contributed by atoms with Gasteiger partial charge in [0.15, 0.2) is 0 Å². The predicted octanol–water partition coefficient (Wildman–Crippen LogP) is -0.232. The lowest BCUT2D eigenvalue weighted by molar-refractivity contribution is -0.425. The summed E-state index contributed by atoms with van der Waals surface area (Å²) in [6.45, 7) is -0.601. The number of aliphatic hydroxyl groups excluding tert-OH is 2. The maximum Gasteiger partial charge on any atom is 0.330 e. The van der Waals surface area contributed by atoms with Gasteiger partial charge in [-0.05, 0) is 0 Å². The van der Waals surface area contributed by atoms with Crippen LogP contribution in [0.5, 0.6) is 0 Å². The number of hydrogen-bond acceptors (Lipinski definition) is 7. The summed E-state index contributed by atoms with van der Waals surface area (Å²) in [6.07, 6.45) is 0. The first kappa shape index (κ1) is 15.4. The van der Waals surface area contributed by atoms with E-state index >= 15 is 0 Å². The van der Waals surface area contributed by atoms with Crippen molar-refractivity contribution in [3.63, 3.8) is 0 Å². The molecule has 9 heteroatoms. The summed E-state index contributed by atoms with van der Waals surface area (Å²) < 4.78 is 15.4. The molecule has 2 atom stereocenters. The van der Waals surface area contributed by atoms with Crippen molar-refractivity contribution in [2.24, 2.45) is 0 Å². The summed E-state index contributed by atoms with van der Waals surface area (Å²) in [6, 6.07) is 0. The Morgan fingerprint density at radius 3 is 1.59 bits per heavy atom. The molecular formula is C8H14Cl2O7. The van der Waals surface area contributed by atoms with Crippen molar-refractivity contribution in [1.29, 1.82) is 0 Å². The maximum absolute atomic E-state index is 8.65. The molecule has 1 aliphatic rings. The van der Waals surface area contributed by atoms with Gasteiger partial charge < -0.3 is 19.7 Å². The Hall–Kier alpha value is 0.300. The number of halogens is 2. The highest BCUT2D eigenvalue weighted by atomic mass is 35.5. The van der Waals surface area contributed by atoms with Gasteiger partial charge in [-0.15, -0.1) is 23.2 Å². The smallest absolute Gasteiger partial charge is 0.330 e. The molecule has 0 amide bonds. The highest BCUT2D eigenvalue weighted by molar-refractivity contribution is 6.18. The van der Waals surface area contributed by atoms with E-state index in [0.717, 1.165) is 0 Å². The summed E-state index contributed by atoms with van der Waals surface area (Å²) in [5, 5.41) is 17.3. The second kappa shape index (κ2) is 7.03. The summed E-state index contributed by atoms with van der Waals surface area (Å²) in [5.74, 6) is -3.80. The molecule has 1 rings (SSSR count). The Kier molecular flexibility index (Phi) is 6.35. The van der Waals surface area contributed by atoms with E-state index in [9.17, 15) is 0 Å². The van der Waals surface area contributed by atoms with Gasteiger partial charge in [0, 0.05) is 0 Å². The van der Waals surface area contributed by atoms with Crippen molar-refractivity contribution >= 4 is 23.2 Å². The minimum atomic E-state index is -1.69. The summed E-state index contributed by atoms with van der Waals surface area (Å²) in [7, 11) is 0. The fourth-order valence-corrected chi connectivity index (χ4v) is 1.44. The SMILES string of the molecule is OCCO[C@]1(CCl)OO[C@@](CCl)(OCCO)O1. The van der Waals surface area contributed by atoms with Gasteiger partial charge >= 0.3 is 11.9 Å². The molecule has 102 valence electrons. The Labute approximate surface area is 108 Å². The molecule has 7 nitrogen and oxygen atoms in total. The molecule has 17 heavy (non-hydrogen) atoms. The van der Waals surface area contributed by atoms with Crippen LogP contribution in [-0.2, 0) is 24.0 Å². The second-order valence-corrected chi connectivity index (χ2v) is 3.58. The number of ether oxygens (including phenoxy) is 3. The van der Waals surface area contributed by atoms with E-state index in [-0.39, 0.29) is 38.2 Å². The molecule has 1 saturated heterocycles. The Bertz CT molecular complexity index is 210. The van der Waals surface area contributed by atoms with E-state index in [4.69, 9.17) is 57.4 Å². The van der Waals surface area contributed by atoms with Crippen LogP contribution in [-0.4, -0.2) is 60.3 Å². The van der Waals surface area contributed by atoms with Crippen LogP contribution in [0.1, 0.15) is 0 Å². The zero-order chi connectivity index (χ0) is 12.8. The molecule has 0 spiro atoms. The molecule has 1 fully saturated rings. The lowest BCUT2D eigenvalue weighted by atomic mass is 10.5. The van der Waals surface area contributed by atoms with Gasteiger partial charge in [0.2, 0.25) is 0 Å². The third-order valence-corrected chi connectivity index (χ3v) is 2.42. The van der Waals surface area contributed by atoms with Gasteiger partial charge in [-0.2, -0.15) is 9.78 Å². The quantitative estimate of drug-likeness (QED) is 0.472. The normalized spacial score (nSPS) is 33.2. The minimum Gasteiger partial charge on any atom is -0.394 e. The van der Waals surface area contributed by atoms with E-state index in [1.54, 1.807) is 0 Å². The van der Waals surface area contributed by atoms with Gasteiger partial charge in [0.05, 0.1) is 26.4 Å². The molecule has 0 aromatic carbocycles. The largest absolute Gasteiger partial charge is 0.394 e. The number of hydrogen-bond donors (Lipinski definition) is 2. The zero-order valence-electron chi connectivity index (χ0n) is 8.93. The zero-order valence-corrected chi connectivity index (χ0v) is 10.4. The monoisotopic (exact) mass is 292 g/mol. The first-order valence-corrected chi connectivity index (χ1v) is 5.91. The highest BCUT2D eigenvalue weighted by Crippen LogP contribution is 2.36. The second-order valence-electron chi connectivity index (χ2n) is 3.05. The van der Waals surface area contributed by atoms with Crippen LogP contribution >= 0.6 is 23.2 Å². The third kappa shape index (κ3) is 3.88. The molecule has 0 aliphatic carbocycles. The molecular weight excluding hydrogens is 279 g/mol. The van der Waals surface area contributed by atoms with Crippen LogP contribution in [0, 0.1) is 0 Å². The number of rotatable bonds is 8. The van der Waals surface area contributed by atoms with Gasteiger partial charge in [-0.1, -0.05) is 0 Å². The molecule has 0 radical (unpaired) electrons. The first-order chi connectivity index (χ1) is 8.16. The van der Waals surface area contributed by atoms with Crippen LogP contribution in [0.4, 0.5) is 0 Å². The topological polar surface area (TPSA) is 86.6 Å². The number of alkyl halides is 2. The van der Waals surface area contributed by atoms with Crippen molar-refractivity contribution in [2.75, 3.05) is 38.2 Å². The van der Waals surface area contributed by atoms with Crippen molar-refractivity contribution in [1.82, 2.24) is 0 Å². The van der Waals surface area contributed by atoms with Crippen LogP contribution in [0.2, 0.25) is 0 Å². The molecule has 0 saturated carbocycles. The lowest BCUT2D eigenvalue weighted by Gasteiger charge is -2.25. The molecule has 0 bridgehead atoms. The molecule has 1 heterocycles. The summed E-state index contributed by atoms with van der Waals surface area (Å²) in [5.41, 5.74) is 0. The van der Waals surface area contributed by atoms with E-state index in [0.29, 0.717) is 0 Å². The van der Waals surface area contributed by atoms with E-state index in [2.05, 4.69) is 0 Å². The van der Waals surface area contributed by atoms with Crippen molar-refractivity contribution in [3.05, 3.63) is 0 Å². The average molecular weight is 293 g/mol. The van der Waals surface area contributed by atoms with Crippen molar-refractivity contribution in [3.8, 4) is 0 Å². The third-order valence-electron chi connectivity index (χ3n) is 1.76. The lowest BCUT2D eigenvalue weighted by Crippen LogP contribution is -2.43. The fourth-order valence-electron chi connectivity index (χ4n) is 1.08. The molecule has 0 aromatic heterocycles. The van der Waals surface area contributed by atoms with Crippen LogP contribution in [0.3, 0.4) is 0 Å². The minimum absolute atomic E-state index is 0.0611. The van der Waals surface area contributed by atoms with Gasteiger partial charge in [-0.3, -0.25) is 4.74 Å². The molecule has 0 aromatic rings. The van der Waals surface area contributed by atoms with Gasteiger partial charge in [-0.25, -0.2) is 0 Å². The van der Waals surface area contributed by atoms with Gasteiger partial charge in [0.1, 0.15) is 11.8 Å². The summed E-state index contributed by atoms with van der Waals surface area (Å²) >= 11 is 11.3. The standard InChI is InChI=1S/C8H14Cl2O7/c9-5-7(13-3-1-11)15-8(6-10,17-16-7)14-4-2-12/h11-12H,1-6H2/t7-,8-/m0/s1. The molecule has 2 N–H and O–H groups in total. The van der Waals surface area contributed by atoms with Crippen molar-refractivity contribution in [2.45, 2.75) is 11.9 Å². The summed E-state index contributed by atoms with van der Waals surface area (Å²) in [4.78, 5) is 9.63. The first-order valence-electron chi connectivity index (χ1n) is 4.84. The van der Waals surface area contributed by atoms with Crippen molar-refractivity contribution < 1.29 is 34.2 Å². The van der Waals surface area contributed by atoms with E-state index < -0.39 is 11.9 Å². The van der Waals surface area contributed by atoms with E-state index in [1.807, 2.05) is 0 Å². The highest BCUT2D eigenvalue weighted by Gasteiger charge is 2.55. The fraction of sp³-hybridized carbons (Fsp3) is 1.00. The average Bonchev–Trinajstić information content (AvgIpc) is 2.75. The molecule has 1 aliphatic heterocycles. The van der Waals surface area contributed by atoms with Gasteiger partial charge in [0.25, 0.3) is 0 Å². The predicted molar refractivity (Wildman–Crippen MR) is 56.2 cm³/mol.